The van der Waals surface area contributed by atoms with Gasteiger partial charge < -0.3 is 4.98 Å². The Morgan fingerprint density at radius 3 is 3.00 bits per heavy atom. The lowest BCUT2D eigenvalue weighted by Crippen LogP contribution is -2.13. The summed E-state index contributed by atoms with van der Waals surface area (Å²) in [5, 5.41) is 0. The summed E-state index contributed by atoms with van der Waals surface area (Å²) in [5.74, 6) is 1.28. The molecule has 3 rings (SSSR count). The van der Waals surface area contributed by atoms with E-state index in [9.17, 15) is 4.79 Å². The fourth-order valence-corrected chi connectivity index (χ4v) is 1.93. The van der Waals surface area contributed by atoms with Crippen molar-refractivity contribution in [3.8, 4) is 5.82 Å². The molecular weight excluding hydrogens is 228 g/mol. The second-order valence-electron chi connectivity index (χ2n) is 4.01. The van der Waals surface area contributed by atoms with Crippen LogP contribution in [0.2, 0.25) is 0 Å². The molecule has 0 fully saturated rings. The number of benzene rings is 1. The Balaban J connectivity index is 2.26. The minimum absolute atomic E-state index is 0.144. The Morgan fingerprint density at radius 1 is 1.33 bits per heavy atom. The van der Waals surface area contributed by atoms with Crippen LogP contribution in [-0.2, 0) is 6.42 Å². The Bertz CT molecular complexity index is 757. The number of aromatic amines is 1. The van der Waals surface area contributed by atoms with Crippen LogP contribution in [0, 0.1) is 0 Å². The van der Waals surface area contributed by atoms with Gasteiger partial charge in [-0.1, -0.05) is 19.1 Å². The highest BCUT2D eigenvalue weighted by Gasteiger charge is 2.06. The van der Waals surface area contributed by atoms with Crippen LogP contribution >= 0.6 is 0 Å². The van der Waals surface area contributed by atoms with Gasteiger partial charge in [0.1, 0.15) is 18.0 Å². The van der Waals surface area contributed by atoms with E-state index in [0.29, 0.717) is 18.1 Å². The Labute approximate surface area is 103 Å². The number of aromatic nitrogens is 4. The topological polar surface area (TPSA) is 63.6 Å². The maximum atomic E-state index is 11.6. The van der Waals surface area contributed by atoms with Crippen molar-refractivity contribution in [3.05, 3.63) is 52.8 Å². The molecule has 0 saturated carbocycles. The van der Waals surface area contributed by atoms with Crippen LogP contribution in [-0.4, -0.2) is 19.5 Å². The Morgan fingerprint density at radius 2 is 2.17 bits per heavy atom. The molecule has 0 aliphatic heterocycles. The monoisotopic (exact) mass is 240 g/mol. The molecule has 0 aliphatic rings. The van der Waals surface area contributed by atoms with E-state index in [1.165, 1.54) is 6.07 Å². The minimum atomic E-state index is -0.144. The average Bonchev–Trinajstić information content (AvgIpc) is 2.81. The molecule has 2 heterocycles. The van der Waals surface area contributed by atoms with Crippen LogP contribution in [0.3, 0.4) is 0 Å². The number of para-hydroxylation sites is 2. The molecule has 18 heavy (non-hydrogen) atoms. The number of hydrogen-bond acceptors (Lipinski definition) is 3. The van der Waals surface area contributed by atoms with Gasteiger partial charge in [0, 0.05) is 12.5 Å². The highest BCUT2D eigenvalue weighted by atomic mass is 16.1. The maximum Gasteiger partial charge on any atom is 0.253 e. The summed E-state index contributed by atoms with van der Waals surface area (Å²) in [7, 11) is 0. The standard InChI is InChI=1S/C13H12N4O/c1-2-11-15-12(7-13(18)16-11)17-8-14-9-5-3-4-6-10(9)17/h3-8H,2H2,1H3,(H,15,16,18). The molecule has 3 aromatic rings. The van der Waals surface area contributed by atoms with Gasteiger partial charge in [0.2, 0.25) is 0 Å². The van der Waals surface area contributed by atoms with Crippen LogP contribution in [0.25, 0.3) is 16.9 Å². The first-order valence-corrected chi connectivity index (χ1v) is 5.80. The van der Waals surface area contributed by atoms with Crippen molar-refractivity contribution in [1.82, 2.24) is 19.5 Å². The van der Waals surface area contributed by atoms with Gasteiger partial charge in [0.05, 0.1) is 11.0 Å². The van der Waals surface area contributed by atoms with E-state index in [-0.39, 0.29) is 5.56 Å². The first-order valence-electron chi connectivity index (χ1n) is 5.80. The zero-order valence-corrected chi connectivity index (χ0v) is 9.92. The largest absolute Gasteiger partial charge is 0.310 e. The van der Waals surface area contributed by atoms with E-state index in [1.54, 1.807) is 6.33 Å². The van der Waals surface area contributed by atoms with Gasteiger partial charge >= 0.3 is 0 Å². The number of nitrogens with zero attached hydrogens (tertiary/aromatic N) is 3. The normalized spacial score (nSPS) is 10.9. The minimum Gasteiger partial charge on any atom is -0.310 e. The molecule has 0 radical (unpaired) electrons. The summed E-state index contributed by atoms with van der Waals surface area (Å²) in [5.41, 5.74) is 1.69. The number of hydrogen-bond donors (Lipinski definition) is 1. The van der Waals surface area contributed by atoms with E-state index < -0.39 is 0 Å². The molecule has 1 N–H and O–H groups in total. The number of rotatable bonds is 2. The fraction of sp³-hybridized carbons (Fsp3) is 0.154. The van der Waals surface area contributed by atoms with Crippen molar-refractivity contribution in [1.29, 1.82) is 0 Å². The Kier molecular flexibility index (Phi) is 2.44. The van der Waals surface area contributed by atoms with Crippen molar-refractivity contribution in [2.45, 2.75) is 13.3 Å². The predicted octanol–water partition coefficient (Wildman–Crippen LogP) is 1.67. The third kappa shape index (κ3) is 1.69. The Hall–Kier alpha value is -2.43. The second-order valence-corrected chi connectivity index (χ2v) is 4.01. The van der Waals surface area contributed by atoms with Gasteiger partial charge in [0.25, 0.3) is 5.56 Å². The molecule has 0 aliphatic carbocycles. The van der Waals surface area contributed by atoms with E-state index in [1.807, 2.05) is 35.8 Å². The second kappa shape index (κ2) is 4.10. The quantitative estimate of drug-likeness (QED) is 0.741. The lowest BCUT2D eigenvalue weighted by molar-refractivity contribution is 0.880. The number of H-pyrrole nitrogens is 1. The van der Waals surface area contributed by atoms with E-state index >= 15 is 0 Å². The number of nitrogens with one attached hydrogen (secondary N) is 1. The summed E-state index contributed by atoms with van der Waals surface area (Å²) in [6.07, 6.45) is 2.38. The fourth-order valence-electron chi connectivity index (χ4n) is 1.93. The summed E-state index contributed by atoms with van der Waals surface area (Å²) >= 11 is 0. The van der Waals surface area contributed by atoms with Crippen LogP contribution < -0.4 is 5.56 Å². The van der Waals surface area contributed by atoms with E-state index in [4.69, 9.17) is 0 Å². The van der Waals surface area contributed by atoms with Gasteiger partial charge in [-0.2, -0.15) is 0 Å². The van der Waals surface area contributed by atoms with E-state index in [2.05, 4.69) is 15.0 Å². The summed E-state index contributed by atoms with van der Waals surface area (Å²) in [4.78, 5) is 23.0. The SMILES string of the molecule is CCc1nc(-n2cnc3ccccc32)cc(=O)[nH]1. The highest BCUT2D eigenvalue weighted by Crippen LogP contribution is 2.15. The molecule has 0 bridgehead atoms. The number of fused-ring (bicyclic) bond motifs is 1. The molecule has 0 unspecified atom stereocenters. The predicted molar refractivity (Wildman–Crippen MR) is 68.9 cm³/mol. The smallest absolute Gasteiger partial charge is 0.253 e. The summed E-state index contributed by atoms with van der Waals surface area (Å²) in [6.45, 7) is 1.95. The molecule has 5 heteroatoms. The first-order chi connectivity index (χ1) is 8.78. The zero-order valence-electron chi connectivity index (χ0n) is 9.92. The third-order valence-corrected chi connectivity index (χ3v) is 2.81. The highest BCUT2D eigenvalue weighted by molar-refractivity contribution is 5.76. The molecule has 0 amide bonds. The van der Waals surface area contributed by atoms with Crippen LogP contribution in [0.1, 0.15) is 12.7 Å². The molecule has 0 spiro atoms. The molecule has 5 nitrogen and oxygen atoms in total. The summed E-state index contributed by atoms with van der Waals surface area (Å²) < 4.78 is 1.82. The third-order valence-electron chi connectivity index (χ3n) is 2.81. The van der Waals surface area contributed by atoms with Crippen molar-refractivity contribution < 1.29 is 0 Å². The van der Waals surface area contributed by atoms with Crippen LogP contribution in [0.5, 0.6) is 0 Å². The van der Waals surface area contributed by atoms with Crippen LogP contribution in [0.15, 0.2) is 41.5 Å². The molecular formula is C13H12N4O. The first kappa shape index (κ1) is 10.7. The van der Waals surface area contributed by atoms with Crippen molar-refractivity contribution in [3.63, 3.8) is 0 Å². The summed E-state index contributed by atoms with van der Waals surface area (Å²) in [6, 6.07) is 9.24. The van der Waals surface area contributed by atoms with Gasteiger partial charge in [-0.15, -0.1) is 0 Å². The zero-order chi connectivity index (χ0) is 12.5. The molecule has 90 valence electrons. The van der Waals surface area contributed by atoms with Gasteiger partial charge in [-0.25, -0.2) is 9.97 Å². The lowest BCUT2D eigenvalue weighted by Gasteiger charge is -2.04. The lowest BCUT2D eigenvalue weighted by atomic mass is 10.3. The van der Waals surface area contributed by atoms with Gasteiger partial charge in [-0.05, 0) is 12.1 Å². The average molecular weight is 240 g/mol. The molecule has 0 saturated heterocycles. The van der Waals surface area contributed by atoms with Crippen molar-refractivity contribution >= 4 is 11.0 Å². The molecule has 1 aromatic carbocycles. The number of aryl methyl sites for hydroxylation is 1. The van der Waals surface area contributed by atoms with Crippen LogP contribution in [0.4, 0.5) is 0 Å². The number of imidazole rings is 1. The van der Waals surface area contributed by atoms with E-state index in [0.717, 1.165) is 11.0 Å². The van der Waals surface area contributed by atoms with Crippen molar-refractivity contribution in [2.24, 2.45) is 0 Å². The maximum absolute atomic E-state index is 11.6. The van der Waals surface area contributed by atoms with Gasteiger partial charge in [0.15, 0.2) is 0 Å². The van der Waals surface area contributed by atoms with Gasteiger partial charge in [-0.3, -0.25) is 9.36 Å². The molecule has 2 aromatic heterocycles. The van der Waals surface area contributed by atoms with Crippen molar-refractivity contribution in [2.75, 3.05) is 0 Å². The molecule has 0 atom stereocenters.